The van der Waals surface area contributed by atoms with Crippen molar-refractivity contribution in [1.29, 1.82) is 0 Å². The van der Waals surface area contributed by atoms with Crippen molar-refractivity contribution >= 4 is 5.69 Å². The number of anilines is 1. The van der Waals surface area contributed by atoms with E-state index in [0.29, 0.717) is 17.5 Å². The smallest absolute Gasteiger partial charge is 0.416 e. The maximum atomic E-state index is 13.0. The molecule has 0 aliphatic rings. The minimum atomic E-state index is -4.60. The van der Waals surface area contributed by atoms with E-state index in [-0.39, 0.29) is 12.1 Å². The summed E-state index contributed by atoms with van der Waals surface area (Å²) >= 11 is 0. The van der Waals surface area contributed by atoms with E-state index in [9.17, 15) is 17.6 Å². The molecule has 0 aromatic heterocycles. The molecule has 0 unspecified atom stereocenters. The van der Waals surface area contributed by atoms with Crippen LogP contribution < -0.4 is 10.1 Å². The number of ether oxygens (including phenoxy) is 1. The standard InChI is InChI=1S/C15H13F4NO/c1-21-14-5-3-2-4-13(14)20-9-10-6-7-11(16)8-12(10)15(17,18)19/h2-8,20H,9H2,1H3. The first-order valence-corrected chi connectivity index (χ1v) is 6.14. The van der Waals surface area contributed by atoms with Crippen LogP contribution >= 0.6 is 0 Å². The molecule has 2 nitrogen and oxygen atoms in total. The van der Waals surface area contributed by atoms with Gasteiger partial charge in [-0.3, -0.25) is 0 Å². The van der Waals surface area contributed by atoms with Crippen molar-refractivity contribution < 1.29 is 22.3 Å². The van der Waals surface area contributed by atoms with Gasteiger partial charge in [-0.1, -0.05) is 18.2 Å². The van der Waals surface area contributed by atoms with Crippen molar-refractivity contribution in [3.8, 4) is 5.75 Å². The molecule has 2 rings (SSSR count). The van der Waals surface area contributed by atoms with Gasteiger partial charge in [0.05, 0.1) is 18.4 Å². The molecule has 21 heavy (non-hydrogen) atoms. The predicted molar refractivity (Wildman–Crippen MR) is 71.7 cm³/mol. The van der Waals surface area contributed by atoms with Crippen LogP contribution in [0.25, 0.3) is 0 Å². The maximum Gasteiger partial charge on any atom is 0.416 e. The van der Waals surface area contributed by atoms with Crippen LogP contribution in [-0.2, 0) is 12.7 Å². The molecule has 0 aliphatic heterocycles. The number of rotatable bonds is 4. The van der Waals surface area contributed by atoms with Gasteiger partial charge < -0.3 is 10.1 Å². The van der Waals surface area contributed by atoms with Gasteiger partial charge in [-0.05, 0) is 29.8 Å². The van der Waals surface area contributed by atoms with E-state index in [1.54, 1.807) is 24.3 Å². The van der Waals surface area contributed by atoms with Crippen LogP contribution in [0.4, 0.5) is 23.2 Å². The summed E-state index contributed by atoms with van der Waals surface area (Å²) in [5.41, 5.74) is -0.447. The summed E-state index contributed by atoms with van der Waals surface area (Å²) in [5.74, 6) is -0.392. The second kappa shape index (κ2) is 6.03. The van der Waals surface area contributed by atoms with E-state index in [2.05, 4.69) is 5.32 Å². The normalized spacial score (nSPS) is 11.3. The van der Waals surface area contributed by atoms with Crippen molar-refractivity contribution in [2.45, 2.75) is 12.7 Å². The van der Waals surface area contributed by atoms with Gasteiger partial charge in [0.25, 0.3) is 0 Å². The third kappa shape index (κ3) is 3.65. The molecule has 112 valence electrons. The van der Waals surface area contributed by atoms with Gasteiger partial charge in [-0.25, -0.2) is 4.39 Å². The Morgan fingerprint density at radius 2 is 1.81 bits per heavy atom. The van der Waals surface area contributed by atoms with Crippen LogP contribution in [0, 0.1) is 5.82 Å². The lowest BCUT2D eigenvalue weighted by Gasteiger charge is -2.15. The Labute approximate surface area is 119 Å². The number of hydrogen-bond acceptors (Lipinski definition) is 2. The largest absolute Gasteiger partial charge is 0.495 e. The summed E-state index contributed by atoms with van der Waals surface area (Å²) in [6.07, 6.45) is -4.60. The lowest BCUT2D eigenvalue weighted by molar-refractivity contribution is -0.138. The van der Waals surface area contributed by atoms with E-state index >= 15 is 0 Å². The first-order chi connectivity index (χ1) is 9.91. The Morgan fingerprint density at radius 1 is 1.10 bits per heavy atom. The van der Waals surface area contributed by atoms with Gasteiger partial charge in [-0.2, -0.15) is 13.2 Å². The molecule has 2 aromatic rings. The van der Waals surface area contributed by atoms with Gasteiger partial charge in [0, 0.05) is 6.54 Å². The summed E-state index contributed by atoms with van der Waals surface area (Å²) in [6, 6.07) is 9.50. The minimum absolute atomic E-state index is 0.0326. The molecule has 0 radical (unpaired) electrons. The number of benzene rings is 2. The van der Waals surface area contributed by atoms with Crippen molar-refractivity contribution in [3.05, 3.63) is 59.4 Å². The molecule has 0 spiro atoms. The lowest BCUT2D eigenvalue weighted by atomic mass is 10.1. The highest BCUT2D eigenvalue weighted by molar-refractivity contribution is 5.56. The molecule has 6 heteroatoms. The molecule has 0 fully saturated rings. The Kier molecular flexibility index (Phi) is 4.35. The van der Waals surface area contributed by atoms with Crippen LogP contribution in [0.1, 0.15) is 11.1 Å². The summed E-state index contributed by atoms with van der Waals surface area (Å²) in [4.78, 5) is 0. The lowest BCUT2D eigenvalue weighted by Crippen LogP contribution is -2.12. The zero-order valence-corrected chi connectivity index (χ0v) is 11.2. The second-order valence-corrected chi connectivity index (χ2v) is 4.35. The predicted octanol–water partition coefficient (Wildman–Crippen LogP) is 4.47. The summed E-state index contributed by atoms with van der Waals surface area (Å²) in [7, 11) is 1.47. The summed E-state index contributed by atoms with van der Waals surface area (Å²) in [6.45, 7) is -0.0878. The fourth-order valence-electron chi connectivity index (χ4n) is 1.95. The van der Waals surface area contributed by atoms with E-state index < -0.39 is 17.6 Å². The molecular weight excluding hydrogens is 286 g/mol. The molecule has 0 amide bonds. The third-order valence-electron chi connectivity index (χ3n) is 2.95. The number of hydrogen-bond donors (Lipinski definition) is 1. The van der Waals surface area contributed by atoms with Gasteiger partial charge in [0.2, 0.25) is 0 Å². The Morgan fingerprint density at radius 3 is 2.48 bits per heavy atom. The van der Waals surface area contributed by atoms with E-state index in [1.165, 1.54) is 7.11 Å². The quantitative estimate of drug-likeness (QED) is 0.841. The van der Waals surface area contributed by atoms with E-state index in [1.807, 2.05) is 0 Å². The number of methoxy groups -OCH3 is 1. The zero-order valence-electron chi connectivity index (χ0n) is 11.2. The first-order valence-electron chi connectivity index (χ1n) is 6.14. The highest BCUT2D eigenvalue weighted by atomic mass is 19.4. The Balaban J connectivity index is 2.24. The highest BCUT2D eigenvalue weighted by Gasteiger charge is 2.33. The SMILES string of the molecule is COc1ccccc1NCc1ccc(F)cc1C(F)(F)F. The molecule has 0 atom stereocenters. The van der Waals surface area contributed by atoms with Crippen LogP contribution in [0.2, 0.25) is 0 Å². The second-order valence-electron chi connectivity index (χ2n) is 4.35. The van der Waals surface area contributed by atoms with Gasteiger partial charge in [0.1, 0.15) is 11.6 Å². The number of halogens is 4. The minimum Gasteiger partial charge on any atom is -0.495 e. The maximum absolute atomic E-state index is 13.0. The van der Waals surface area contributed by atoms with Crippen LogP contribution in [0.5, 0.6) is 5.75 Å². The molecule has 0 aliphatic carbocycles. The monoisotopic (exact) mass is 299 g/mol. The van der Waals surface area contributed by atoms with Crippen LogP contribution in [-0.4, -0.2) is 7.11 Å². The molecular formula is C15H13F4NO. The number of alkyl halides is 3. The van der Waals surface area contributed by atoms with Crippen LogP contribution in [0.15, 0.2) is 42.5 Å². The first kappa shape index (κ1) is 15.2. The van der Waals surface area contributed by atoms with Crippen molar-refractivity contribution in [2.75, 3.05) is 12.4 Å². The summed E-state index contributed by atoms with van der Waals surface area (Å²) in [5, 5.41) is 2.86. The highest BCUT2D eigenvalue weighted by Crippen LogP contribution is 2.33. The van der Waals surface area contributed by atoms with Crippen molar-refractivity contribution in [1.82, 2.24) is 0 Å². The molecule has 1 N–H and O–H groups in total. The van der Waals surface area contributed by atoms with Crippen molar-refractivity contribution in [3.63, 3.8) is 0 Å². The molecule has 0 heterocycles. The third-order valence-corrected chi connectivity index (χ3v) is 2.95. The van der Waals surface area contributed by atoms with Crippen molar-refractivity contribution in [2.24, 2.45) is 0 Å². The van der Waals surface area contributed by atoms with Gasteiger partial charge >= 0.3 is 6.18 Å². The number of nitrogens with one attached hydrogen (secondary N) is 1. The molecule has 2 aromatic carbocycles. The fourth-order valence-corrected chi connectivity index (χ4v) is 1.95. The zero-order chi connectivity index (χ0) is 15.5. The molecule has 0 saturated carbocycles. The van der Waals surface area contributed by atoms with Crippen LogP contribution in [0.3, 0.4) is 0 Å². The Bertz CT molecular complexity index is 625. The van der Waals surface area contributed by atoms with E-state index in [4.69, 9.17) is 4.74 Å². The van der Waals surface area contributed by atoms with Gasteiger partial charge in [0.15, 0.2) is 0 Å². The summed E-state index contributed by atoms with van der Waals surface area (Å²) < 4.78 is 56.8. The van der Waals surface area contributed by atoms with Gasteiger partial charge in [-0.15, -0.1) is 0 Å². The topological polar surface area (TPSA) is 21.3 Å². The molecule has 0 bridgehead atoms. The average molecular weight is 299 g/mol. The number of para-hydroxylation sites is 2. The Hall–Kier alpha value is -2.24. The van der Waals surface area contributed by atoms with E-state index in [0.717, 1.165) is 12.1 Å². The molecule has 0 saturated heterocycles. The fraction of sp³-hybridized carbons (Fsp3) is 0.200. The average Bonchev–Trinajstić information content (AvgIpc) is 2.45.